The Balaban J connectivity index is 1.97. The molecule has 0 unspecified atom stereocenters. The maximum absolute atomic E-state index is 12.6. The fraction of sp³-hybridized carbons (Fsp3) is 0.182. The average molecular weight is 362 g/mol. The highest BCUT2D eigenvalue weighted by molar-refractivity contribution is 6.08. The van der Waals surface area contributed by atoms with E-state index in [0.29, 0.717) is 16.8 Å². The molecule has 3 aromatic rings. The summed E-state index contributed by atoms with van der Waals surface area (Å²) in [6, 6.07) is 17.9. The van der Waals surface area contributed by atoms with Crippen LogP contribution in [0.5, 0.6) is 0 Å². The minimum atomic E-state index is -0.628. The predicted molar refractivity (Wildman–Crippen MR) is 105 cm³/mol. The number of anilines is 1. The normalized spacial score (nSPS) is 11.1. The lowest BCUT2D eigenvalue weighted by Gasteiger charge is -2.21. The third-order valence-electron chi connectivity index (χ3n) is 3.81. The molecule has 0 saturated carbocycles. The van der Waals surface area contributed by atoms with Crippen LogP contribution in [0.2, 0.25) is 0 Å². The Morgan fingerprint density at radius 2 is 1.59 bits per heavy atom. The van der Waals surface area contributed by atoms with Crippen LogP contribution in [0.15, 0.2) is 73.1 Å². The Morgan fingerprint density at radius 3 is 2.22 bits per heavy atom. The number of esters is 1. The highest BCUT2D eigenvalue weighted by Crippen LogP contribution is 2.24. The van der Waals surface area contributed by atoms with E-state index in [1.165, 1.54) is 0 Å². The topological polar surface area (TPSA) is 60.3 Å². The van der Waals surface area contributed by atoms with Gasteiger partial charge in [0.05, 0.1) is 11.3 Å². The fourth-order valence-electron chi connectivity index (χ4n) is 2.60. The summed E-state index contributed by atoms with van der Waals surface area (Å²) in [6.07, 6.45) is 3.79. The van der Waals surface area contributed by atoms with Gasteiger partial charge in [0.1, 0.15) is 5.60 Å². The molecule has 2 aromatic carbocycles. The van der Waals surface area contributed by atoms with Crippen molar-refractivity contribution >= 4 is 17.6 Å². The summed E-state index contributed by atoms with van der Waals surface area (Å²) in [4.78, 5) is 25.2. The van der Waals surface area contributed by atoms with Crippen LogP contribution < -0.4 is 5.32 Å². The van der Waals surface area contributed by atoms with E-state index >= 15 is 0 Å². The van der Waals surface area contributed by atoms with Crippen molar-refractivity contribution in [1.82, 2.24) is 4.57 Å². The molecule has 138 valence electrons. The third kappa shape index (κ3) is 4.64. The Bertz CT molecular complexity index is 939. The number of amides is 1. The summed E-state index contributed by atoms with van der Waals surface area (Å²) in [5, 5.41) is 2.84. The van der Waals surface area contributed by atoms with Gasteiger partial charge in [0.2, 0.25) is 0 Å². The summed E-state index contributed by atoms with van der Waals surface area (Å²) < 4.78 is 7.39. The highest BCUT2D eigenvalue weighted by Gasteiger charge is 2.22. The van der Waals surface area contributed by atoms with Crippen molar-refractivity contribution in [3.8, 4) is 5.69 Å². The van der Waals surface area contributed by atoms with E-state index < -0.39 is 11.6 Å². The molecular formula is C22H22N2O3. The summed E-state index contributed by atoms with van der Waals surface area (Å²) in [7, 11) is 0. The van der Waals surface area contributed by atoms with Gasteiger partial charge in [-0.2, -0.15) is 0 Å². The number of rotatable bonds is 4. The minimum Gasteiger partial charge on any atom is -0.456 e. The van der Waals surface area contributed by atoms with Crippen molar-refractivity contribution in [1.29, 1.82) is 0 Å². The number of hydrogen-bond acceptors (Lipinski definition) is 3. The smallest absolute Gasteiger partial charge is 0.340 e. The third-order valence-corrected chi connectivity index (χ3v) is 3.81. The molecule has 0 radical (unpaired) electrons. The van der Waals surface area contributed by atoms with Crippen LogP contribution in [0.1, 0.15) is 41.5 Å². The molecule has 0 spiro atoms. The Hall–Kier alpha value is -3.34. The van der Waals surface area contributed by atoms with Crippen molar-refractivity contribution in [3.05, 3.63) is 84.2 Å². The van der Waals surface area contributed by atoms with Gasteiger partial charge in [0.25, 0.3) is 5.91 Å². The summed E-state index contributed by atoms with van der Waals surface area (Å²) in [6.45, 7) is 5.42. The van der Waals surface area contributed by atoms with Crippen molar-refractivity contribution < 1.29 is 14.3 Å². The van der Waals surface area contributed by atoms with Crippen LogP contribution in [0.25, 0.3) is 5.69 Å². The molecule has 0 aliphatic heterocycles. The van der Waals surface area contributed by atoms with Gasteiger partial charge in [-0.05, 0) is 63.2 Å². The van der Waals surface area contributed by atoms with Gasteiger partial charge in [0.15, 0.2) is 0 Å². The quantitative estimate of drug-likeness (QED) is 0.685. The molecule has 1 N–H and O–H groups in total. The number of carbonyl (C=O) groups is 2. The van der Waals surface area contributed by atoms with E-state index in [-0.39, 0.29) is 5.91 Å². The van der Waals surface area contributed by atoms with Crippen LogP contribution in [-0.4, -0.2) is 22.0 Å². The molecule has 1 amide bonds. The van der Waals surface area contributed by atoms with E-state index in [1.54, 1.807) is 57.2 Å². The number of hydrogen-bond donors (Lipinski definition) is 1. The second-order valence-electron chi connectivity index (χ2n) is 7.14. The lowest BCUT2D eigenvalue weighted by molar-refractivity contribution is 0.00708. The number of carbonyl (C=O) groups excluding carboxylic acids is 2. The molecule has 5 heteroatoms. The van der Waals surface area contributed by atoms with Crippen LogP contribution >= 0.6 is 0 Å². The standard InChI is InChI=1S/C22H22N2O3/c1-22(2,3)27-21(26)18-12-11-17(24-13-7-8-14-24)15-19(18)23-20(25)16-9-5-4-6-10-16/h4-15H,1-3H3,(H,23,25). The number of benzene rings is 2. The van der Waals surface area contributed by atoms with Gasteiger partial charge in [-0.15, -0.1) is 0 Å². The first-order valence-corrected chi connectivity index (χ1v) is 8.71. The highest BCUT2D eigenvalue weighted by atomic mass is 16.6. The van der Waals surface area contributed by atoms with Gasteiger partial charge in [-0.3, -0.25) is 4.79 Å². The van der Waals surface area contributed by atoms with Crippen LogP contribution in [-0.2, 0) is 4.74 Å². The maximum Gasteiger partial charge on any atom is 0.340 e. The largest absolute Gasteiger partial charge is 0.456 e. The first-order chi connectivity index (χ1) is 12.8. The predicted octanol–water partition coefficient (Wildman–Crippen LogP) is 4.68. The number of nitrogens with one attached hydrogen (secondary N) is 1. The number of nitrogens with zero attached hydrogens (tertiary/aromatic N) is 1. The van der Waals surface area contributed by atoms with E-state index in [1.807, 2.05) is 41.2 Å². The van der Waals surface area contributed by atoms with Gasteiger partial charge in [-0.25, -0.2) is 4.79 Å². The minimum absolute atomic E-state index is 0.287. The molecule has 0 saturated heterocycles. The van der Waals surface area contributed by atoms with Crippen molar-refractivity contribution in [2.75, 3.05) is 5.32 Å². The second-order valence-corrected chi connectivity index (χ2v) is 7.14. The van der Waals surface area contributed by atoms with Gasteiger partial charge < -0.3 is 14.6 Å². The van der Waals surface area contributed by atoms with Crippen LogP contribution in [0.3, 0.4) is 0 Å². The molecule has 0 atom stereocenters. The lowest BCUT2D eigenvalue weighted by atomic mass is 10.1. The molecular weight excluding hydrogens is 340 g/mol. The first kappa shape index (κ1) is 18.5. The van der Waals surface area contributed by atoms with E-state index in [0.717, 1.165) is 5.69 Å². The SMILES string of the molecule is CC(C)(C)OC(=O)c1ccc(-n2cccc2)cc1NC(=O)c1ccccc1. The molecule has 1 aromatic heterocycles. The maximum atomic E-state index is 12.6. The monoisotopic (exact) mass is 362 g/mol. The zero-order chi connectivity index (χ0) is 19.4. The Morgan fingerprint density at radius 1 is 0.926 bits per heavy atom. The summed E-state index contributed by atoms with van der Waals surface area (Å²) in [5.74, 6) is -0.769. The van der Waals surface area contributed by atoms with Crippen molar-refractivity contribution in [3.63, 3.8) is 0 Å². The lowest BCUT2D eigenvalue weighted by Crippen LogP contribution is -2.25. The zero-order valence-corrected chi connectivity index (χ0v) is 15.6. The van der Waals surface area contributed by atoms with Gasteiger partial charge >= 0.3 is 5.97 Å². The van der Waals surface area contributed by atoms with Crippen molar-refractivity contribution in [2.24, 2.45) is 0 Å². The molecule has 1 heterocycles. The van der Waals surface area contributed by atoms with Crippen LogP contribution in [0, 0.1) is 0 Å². The Labute approximate surface area is 158 Å². The van der Waals surface area contributed by atoms with E-state index in [4.69, 9.17) is 4.74 Å². The first-order valence-electron chi connectivity index (χ1n) is 8.71. The van der Waals surface area contributed by atoms with Gasteiger partial charge in [0, 0.05) is 23.6 Å². The van der Waals surface area contributed by atoms with Crippen LogP contribution in [0.4, 0.5) is 5.69 Å². The zero-order valence-electron chi connectivity index (χ0n) is 15.6. The molecule has 27 heavy (non-hydrogen) atoms. The molecule has 3 rings (SSSR count). The molecule has 0 fully saturated rings. The molecule has 0 aliphatic rings. The summed E-state index contributed by atoms with van der Waals surface area (Å²) in [5.41, 5.74) is 1.43. The summed E-state index contributed by atoms with van der Waals surface area (Å²) >= 11 is 0. The number of ether oxygens (including phenoxy) is 1. The molecule has 5 nitrogen and oxygen atoms in total. The molecule has 0 aliphatic carbocycles. The van der Waals surface area contributed by atoms with E-state index in [9.17, 15) is 9.59 Å². The average Bonchev–Trinajstić information content (AvgIpc) is 3.15. The second kappa shape index (κ2) is 7.50. The van der Waals surface area contributed by atoms with E-state index in [2.05, 4.69) is 5.32 Å². The Kier molecular flexibility index (Phi) is 5.12. The molecule has 0 bridgehead atoms. The van der Waals surface area contributed by atoms with Gasteiger partial charge in [-0.1, -0.05) is 18.2 Å². The number of aromatic nitrogens is 1. The fourth-order valence-corrected chi connectivity index (χ4v) is 2.60. The van der Waals surface area contributed by atoms with Crippen molar-refractivity contribution in [2.45, 2.75) is 26.4 Å².